The van der Waals surface area contributed by atoms with Crippen LogP contribution in [0.25, 0.3) is 0 Å². The number of ether oxygens (including phenoxy) is 1. The summed E-state index contributed by atoms with van der Waals surface area (Å²) < 4.78 is 32.7. The second kappa shape index (κ2) is 7.26. The largest absolute Gasteiger partial charge is 0.494 e. The summed E-state index contributed by atoms with van der Waals surface area (Å²) in [6.07, 6.45) is 0.724. The lowest BCUT2D eigenvalue weighted by molar-refractivity contribution is 0.0823. The summed E-state index contributed by atoms with van der Waals surface area (Å²) in [5, 5.41) is 3.25. The maximum absolute atomic E-state index is 13.0. The Kier molecular flexibility index (Phi) is 5.74. The second-order valence-electron chi connectivity index (χ2n) is 5.82. The van der Waals surface area contributed by atoms with E-state index in [1.807, 2.05) is 0 Å². The van der Waals surface area contributed by atoms with Crippen molar-refractivity contribution in [2.75, 3.05) is 41.3 Å². The van der Waals surface area contributed by atoms with Gasteiger partial charge in [0, 0.05) is 38.2 Å². The van der Waals surface area contributed by atoms with Crippen LogP contribution in [-0.4, -0.2) is 70.9 Å². The van der Waals surface area contributed by atoms with E-state index in [1.54, 1.807) is 21.1 Å². The van der Waals surface area contributed by atoms with Crippen molar-refractivity contribution in [1.29, 1.82) is 0 Å². The van der Waals surface area contributed by atoms with Gasteiger partial charge in [0.05, 0.1) is 12.7 Å². The zero-order valence-corrected chi connectivity index (χ0v) is 15.7. The molecule has 0 radical (unpaired) electrons. The maximum atomic E-state index is 13.0. The fraction of sp³-hybridized carbons (Fsp3) is 0.533. The molecule has 0 aromatic heterocycles. The Balaban J connectivity index is 2.55. The Morgan fingerprint density at radius 2 is 2.08 bits per heavy atom. The first-order valence-corrected chi connectivity index (χ1v) is 9.30. The fourth-order valence-corrected chi connectivity index (χ4v) is 4.68. The summed E-state index contributed by atoms with van der Waals surface area (Å²) in [5.74, 6) is -0.355. The highest BCUT2D eigenvalue weighted by atomic mass is 35.5. The molecular formula is C15H22ClN3O4S. The number of methoxy groups -OCH3 is 1. The molecular weight excluding hydrogens is 354 g/mol. The highest BCUT2D eigenvalue weighted by Crippen LogP contribution is 2.35. The summed E-state index contributed by atoms with van der Waals surface area (Å²) in [7, 11) is 2.48. The van der Waals surface area contributed by atoms with E-state index in [9.17, 15) is 13.2 Å². The molecule has 1 aliphatic heterocycles. The molecule has 1 aromatic rings. The summed E-state index contributed by atoms with van der Waals surface area (Å²) >= 11 is 6.07. The zero-order valence-electron chi connectivity index (χ0n) is 14.2. The highest BCUT2D eigenvalue weighted by molar-refractivity contribution is 7.89. The monoisotopic (exact) mass is 375 g/mol. The molecule has 1 aliphatic rings. The summed E-state index contributed by atoms with van der Waals surface area (Å²) in [6.45, 7) is 0.770. The Morgan fingerprint density at radius 3 is 2.58 bits per heavy atom. The first kappa shape index (κ1) is 19.0. The van der Waals surface area contributed by atoms with Crippen molar-refractivity contribution in [3.05, 3.63) is 22.7 Å². The van der Waals surface area contributed by atoms with E-state index in [0.717, 1.165) is 6.42 Å². The van der Waals surface area contributed by atoms with Gasteiger partial charge in [-0.1, -0.05) is 11.6 Å². The van der Waals surface area contributed by atoms with Gasteiger partial charge in [0.2, 0.25) is 10.0 Å². The fourth-order valence-electron chi connectivity index (χ4n) is 2.69. The van der Waals surface area contributed by atoms with Crippen molar-refractivity contribution in [3.8, 4) is 5.75 Å². The molecule has 1 saturated heterocycles. The molecule has 0 bridgehead atoms. The number of amides is 1. The minimum absolute atomic E-state index is 0.0195. The number of hydrogen-bond donors (Lipinski definition) is 1. The van der Waals surface area contributed by atoms with Gasteiger partial charge in [0.1, 0.15) is 4.90 Å². The van der Waals surface area contributed by atoms with Crippen LogP contribution < -0.4 is 10.1 Å². The number of carbonyl (C=O) groups is 1. The number of halogens is 1. The Hall–Kier alpha value is -1.35. The van der Waals surface area contributed by atoms with Crippen molar-refractivity contribution in [2.45, 2.75) is 17.4 Å². The SMILES string of the molecule is CNC1CCN(S(=O)(=O)c2cc(Cl)cc(C(=O)N(C)C)c2OC)C1. The summed E-state index contributed by atoms with van der Waals surface area (Å²) in [5.41, 5.74) is 0.123. The van der Waals surface area contributed by atoms with Gasteiger partial charge in [0.25, 0.3) is 5.91 Å². The number of rotatable bonds is 5. The molecule has 1 heterocycles. The molecule has 0 spiro atoms. The predicted molar refractivity (Wildman–Crippen MR) is 92.2 cm³/mol. The molecule has 1 amide bonds. The van der Waals surface area contributed by atoms with E-state index in [4.69, 9.17) is 16.3 Å². The van der Waals surface area contributed by atoms with E-state index in [1.165, 1.54) is 28.4 Å². The number of nitrogens with zero attached hydrogens (tertiary/aromatic N) is 2. The lowest BCUT2D eigenvalue weighted by Crippen LogP contribution is -2.34. The van der Waals surface area contributed by atoms with Crippen molar-refractivity contribution >= 4 is 27.5 Å². The van der Waals surface area contributed by atoms with Gasteiger partial charge in [-0.3, -0.25) is 4.79 Å². The van der Waals surface area contributed by atoms with E-state index < -0.39 is 10.0 Å². The van der Waals surface area contributed by atoms with Crippen molar-refractivity contribution in [2.24, 2.45) is 0 Å². The van der Waals surface area contributed by atoms with Crippen LogP contribution in [-0.2, 0) is 10.0 Å². The van der Waals surface area contributed by atoms with Crippen LogP contribution in [0.3, 0.4) is 0 Å². The molecule has 1 fully saturated rings. The first-order chi connectivity index (χ1) is 11.2. The number of carbonyl (C=O) groups excluding carboxylic acids is 1. The van der Waals surface area contributed by atoms with Crippen LogP contribution in [0.4, 0.5) is 0 Å². The molecule has 2 rings (SSSR count). The molecule has 1 aromatic carbocycles. The van der Waals surface area contributed by atoms with Crippen molar-refractivity contribution < 1.29 is 17.9 Å². The third-order valence-electron chi connectivity index (χ3n) is 4.04. The average molecular weight is 376 g/mol. The quantitative estimate of drug-likeness (QED) is 0.831. The van der Waals surface area contributed by atoms with Gasteiger partial charge < -0.3 is 15.0 Å². The molecule has 0 aliphatic carbocycles. The number of benzene rings is 1. The predicted octanol–water partition coefficient (Wildman–Crippen LogP) is 1.03. The standard InChI is InChI=1S/C15H22ClN3O4S/c1-17-11-5-6-19(9-11)24(21,22)13-8-10(16)7-12(14(13)23-4)15(20)18(2)3/h7-8,11,17H,5-6,9H2,1-4H3. The summed E-state index contributed by atoms with van der Waals surface area (Å²) in [4.78, 5) is 13.6. The van der Waals surface area contributed by atoms with Gasteiger partial charge in [-0.05, 0) is 25.6 Å². The Morgan fingerprint density at radius 1 is 1.42 bits per heavy atom. The Bertz CT molecular complexity index is 736. The summed E-state index contributed by atoms with van der Waals surface area (Å²) in [6, 6.07) is 2.85. The molecule has 24 heavy (non-hydrogen) atoms. The number of sulfonamides is 1. The van der Waals surface area contributed by atoms with E-state index >= 15 is 0 Å². The van der Waals surface area contributed by atoms with Crippen LogP contribution in [0.5, 0.6) is 5.75 Å². The van der Waals surface area contributed by atoms with Crippen LogP contribution in [0.15, 0.2) is 17.0 Å². The van der Waals surface area contributed by atoms with Crippen LogP contribution in [0, 0.1) is 0 Å². The van der Waals surface area contributed by atoms with Crippen LogP contribution >= 0.6 is 11.6 Å². The van der Waals surface area contributed by atoms with Gasteiger partial charge >= 0.3 is 0 Å². The Labute approximate surface area is 147 Å². The molecule has 134 valence electrons. The molecule has 7 nitrogen and oxygen atoms in total. The lowest BCUT2D eigenvalue weighted by Gasteiger charge is -2.21. The molecule has 0 saturated carbocycles. The van der Waals surface area contributed by atoms with Crippen molar-refractivity contribution in [3.63, 3.8) is 0 Å². The van der Waals surface area contributed by atoms with E-state index in [-0.39, 0.29) is 33.2 Å². The number of nitrogens with one attached hydrogen (secondary N) is 1. The molecule has 1 atom stereocenters. The van der Waals surface area contributed by atoms with Crippen molar-refractivity contribution in [1.82, 2.24) is 14.5 Å². The molecule has 9 heteroatoms. The van der Waals surface area contributed by atoms with Crippen LogP contribution in [0.2, 0.25) is 5.02 Å². The number of likely N-dealkylation sites (N-methyl/N-ethyl adjacent to an activating group) is 1. The third kappa shape index (κ3) is 3.51. The number of hydrogen-bond acceptors (Lipinski definition) is 5. The highest BCUT2D eigenvalue weighted by Gasteiger charge is 2.35. The van der Waals surface area contributed by atoms with E-state index in [0.29, 0.717) is 13.1 Å². The molecule has 1 unspecified atom stereocenters. The first-order valence-electron chi connectivity index (χ1n) is 7.49. The molecule has 1 N–H and O–H groups in total. The third-order valence-corrected chi connectivity index (χ3v) is 6.13. The van der Waals surface area contributed by atoms with Gasteiger partial charge in [-0.25, -0.2) is 8.42 Å². The van der Waals surface area contributed by atoms with Gasteiger partial charge in [-0.15, -0.1) is 0 Å². The zero-order chi connectivity index (χ0) is 18.1. The lowest BCUT2D eigenvalue weighted by atomic mass is 10.2. The van der Waals surface area contributed by atoms with Gasteiger partial charge in [0.15, 0.2) is 5.75 Å². The van der Waals surface area contributed by atoms with E-state index in [2.05, 4.69) is 5.32 Å². The normalized spacial score (nSPS) is 18.6. The topological polar surface area (TPSA) is 79.0 Å². The maximum Gasteiger partial charge on any atom is 0.257 e. The average Bonchev–Trinajstić information content (AvgIpc) is 3.03. The minimum atomic E-state index is -3.82. The van der Waals surface area contributed by atoms with Crippen LogP contribution in [0.1, 0.15) is 16.8 Å². The minimum Gasteiger partial charge on any atom is -0.494 e. The second-order valence-corrected chi connectivity index (χ2v) is 8.16. The van der Waals surface area contributed by atoms with Gasteiger partial charge in [-0.2, -0.15) is 4.31 Å². The smallest absolute Gasteiger partial charge is 0.257 e.